The highest BCUT2D eigenvalue weighted by molar-refractivity contribution is 5.96. The lowest BCUT2D eigenvalue weighted by Gasteiger charge is -2.34. The van der Waals surface area contributed by atoms with Gasteiger partial charge in [0.1, 0.15) is 0 Å². The number of rotatable bonds is 0. The number of pyridine rings is 1. The second kappa shape index (κ2) is 3.76. The Bertz CT molecular complexity index is 667. The minimum atomic E-state index is -0.911. The van der Waals surface area contributed by atoms with Crippen LogP contribution in [0.3, 0.4) is 0 Å². The Labute approximate surface area is 114 Å². The Kier molecular flexibility index (Phi) is 2.21. The molecule has 7 nitrogen and oxygen atoms in total. The molecule has 7 heteroatoms. The summed E-state index contributed by atoms with van der Waals surface area (Å²) in [6.45, 7) is 0.315. The van der Waals surface area contributed by atoms with Crippen molar-refractivity contribution in [3.63, 3.8) is 0 Å². The monoisotopic (exact) mass is 278 g/mol. The number of carbonyl (C=O) groups excluding carboxylic acids is 1. The zero-order chi connectivity index (χ0) is 14.0. The van der Waals surface area contributed by atoms with Gasteiger partial charge in [0, 0.05) is 0 Å². The largest absolute Gasteiger partial charge is 0.503 e. The molecule has 4 rings (SSSR count). The molecule has 20 heavy (non-hydrogen) atoms. The number of hydrogen-bond acceptors (Lipinski definition) is 5. The molecule has 3 atom stereocenters. The third-order valence-electron chi connectivity index (χ3n) is 4.44. The lowest BCUT2D eigenvalue weighted by molar-refractivity contribution is -0.0179. The van der Waals surface area contributed by atoms with Crippen LogP contribution in [0.1, 0.15) is 29.8 Å². The highest BCUT2D eigenvalue weighted by atomic mass is 16.5. The highest BCUT2D eigenvalue weighted by Crippen LogP contribution is 2.39. The Morgan fingerprint density at radius 3 is 2.85 bits per heavy atom. The van der Waals surface area contributed by atoms with E-state index in [2.05, 4.69) is 0 Å². The van der Waals surface area contributed by atoms with E-state index in [0.29, 0.717) is 6.54 Å². The number of nitrogens with zero attached hydrogens (tertiary/aromatic N) is 2. The van der Waals surface area contributed by atoms with Gasteiger partial charge in [-0.15, -0.1) is 0 Å². The van der Waals surface area contributed by atoms with Crippen LogP contribution in [0.2, 0.25) is 0 Å². The molecular formula is C13H14N2O5. The number of carbonyl (C=O) groups is 1. The quantitative estimate of drug-likeness (QED) is 0.696. The smallest absolute Gasteiger partial charge is 0.276 e. The first-order valence-corrected chi connectivity index (χ1v) is 6.71. The standard InChI is InChI=1S/C13H14N2O5/c16-7-4-14-5-9-15(6-2-1-3-8(6)20-9)13(19)10(14)12(18)11(7)17/h4,6,8-9,16,18H,1-3,5H2/t6?,8-,9-/m1/s1. The molecule has 1 aliphatic carbocycles. The summed E-state index contributed by atoms with van der Waals surface area (Å²) >= 11 is 0. The third kappa shape index (κ3) is 1.33. The van der Waals surface area contributed by atoms with Gasteiger partial charge >= 0.3 is 0 Å². The van der Waals surface area contributed by atoms with E-state index in [4.69, 9.17) is 4.74 Å². The Balaban J connectivity index is 1.85. The summed E-state index contributed by atoms with van der Waals surface area (Å²) < 4.78 is 7.27. The van der Waals surface area contributed by atoms with Crippen LogP contribution in [0.15, 0.2) is 11.0 Å². The number of aromatic hydroxyl groups is 2. The van der Waals surface area contributed by atoms with Crippen LogP contribution in [0.4, 0.5) is 0 Å². The summed E-state index contributed by atoms with van der Waals surface area (Å²) in [6, 6.07) is 0.0320. The summed E-state index contributed by atoms with van der Waals surface area (Å²) in [5, 5.41) is 19.4. The fraction of sp³-hybridized carbons (Fsp3) is 0.538. The molecule has 0 spiro atoms. The average Bonchev–Trinajstić information content (AvgIpc) is 2.95. The van der Waals surface area contributed by atoms with Gasteiger partial charge in [0.2, 0.25) is 0 Å². The summed E-state index contributed by atoms with van der Waals surface area (Å²) in [5.41, 5.74) is -0.966. The van der Waals surface area contributed by atoms with E-state index >= 15 is 0 Å². The zero-order valence-corrected chi connectivity index (χ0v) is 10.7. The van der Waals surface area contributed by atoms with Gasteiger partial charge in [0.05, 0.1) is 24.9 Å². The maximum atomic E-state index is 12.6. The molecule has 0 bridgehead atoms. The minimum Gasteiger partial charge on any atom is -0.503 e. The van der Waals surface area contributed by atoms with Gasteiger partial charge in [0.15, 0.2) is 23.4 Å². The number of hydrogen-bond donors (Lipinski definition) is 2. The molecule has 1 aromatic rings. The van der Waals surface area contributed by atoms with Crippen molar-refractivity contribution in [2.45, 2.75) is 44.2 Å². The molecule has 3 aliphatic rings. The van der Waals surface area contributed by atoms with Crippen LogP contribution in [-0.2, 0) is 11.3 Å². The maximum absolute atomic E-state index is 12.6. The fourth-order valence-electron chi connectivity index (χ4n) is 3.57. The van der Waals surface area contributed by atoms with E-state index in [0.717, 1.165) is 19.3 Å². The van der Waals surface area contributed by atoms with Crippen molar-refractivity contribution in [3.8, 4) is 11.5 Å². The second-order valence-electron chi connectivity index (χ2n) is 5.53. The van der Waals surface area contributed by atoms with Crippen molar-refractivity contribution in [2.24, 2.45) is 0 Å². The molecule has 2 fully saturated rings. The van der Waals surface area contributed by atoms with Crippen molar-refractivity contribution in [1.82, 2.24) is 9.47 Å². The Hall–Kier alpha value is -2.02. The minimum absolute atomic E-state index is 0.0320. The normalized spacial score (nSPS) is 31.1. The topological polar surface area (TPSA) is 92.0 Å². The molecular weight excluding hydrogens is 264 g/mol. The van der Waals surface area contributed by atoms with E-state index in [1.165, 1.54) is 10.8 Å². The van der Waals surface area contributed by atoms with Crippen molar-refractivity contribution < 1.29 is 19.7 Å². The summed E-state index contributed by atoms with van der Waals surface area (Å²) in [7, 11) is 0. The van der Waals surface area contributed by atoms with E-state index in [1.807, 2.05) is 0 Å². The lowest BCUT2D eigenvalue weighted by atomic mass is 10.1. The lowest BCUT2D eigenvalue weighted by Crippen LogP contribution is -2.49. The van der Waals surface area contributed by atoms with Crippen LogP contribution < -0.4 is 5.43 Å². The number of fused-ring (bicyclic) bond motifs is 4. The van der Waals surface area contributed by atoms with E-state index in [1.54, 1.807) is 4.90 Å². The van der Waals surface area contributed by atoms with Gasteiger partial charge in [0.25, 0.3) is 11.3 Å². The van der Waals surface area contributed by atoms with Crippen LogP contribution >= 0.6 is 0 Å². The highest BCUT2D eigenvalue weighted by Gasteiger charge is 2.50. The van der Waals surface area contributed by atoms with Gasteiger partial charge in [-0.1, -0.05) is 0 Å². The molecule has 1 amide bonds. The average molecular weight is 278 g/mol. The van der Waals surface area contributed by atoms with Gasteiger partial charge in [-0.2, -0.15) is 0 Å². The molecule has 1 saturated heterocycles. The predicted molar refractivity (Wildman–Crippen MR) is 66.5 cm³/mol. The fourth-order valence-corrected chi connectivity index (χ4v) is 3.57. The molecule has 2 aliphatic heterocycles. The molecule has 0 radical (unpaired) electrons. The van der Waals surface area contributed by atoms with Crippen LogP contribution in [0.5, 0.6) is 11.5 Å². The Morgan fingerprint density at radius 1 is 1.25 bits per heavy atom. The number of amides is 1. The van der Waals surface area contributed by atoms with E-state index < -0.39 is 22.8 Å². The molecule has 1 saturated carbocycles. The van der Waals surface area contributed by atoms with Crippen molar-refractivity contribution in [1.29, 1.82) is 0 Å². The first-order chi connectivity index (χ1) is 9.58. The zero-order valence-electron chi connectivity index (χ0n) is 10.7. The van der Waals surface area contributed by atoms with E-state index in [9.17, 15) is 19.8 Å². The van der Waals surface area contributed by atoms with E-state index in [-0.39, 0.29) is 24.1 Å². The first-order valence-electron chi connectivity index (χ1n) is 6.71. The predicted octanol–water partition coefficient (Wildman–Crippen LogP) is -0.00730. The van der Waals surface area contributed by atoms with Crippen LogP contribution in [0, 0.1) is 0 Å². The Morgan fingerprint density at radius 2 is 2.05 bits per heavy atom. The second-order valence-corrected chi connectivity index (χ2v) is 5.53. The van der Waals surface area contributed by atoms with Crippen molar-refractivity contribution in [3.05, 3.63) is 22.1 Å². The third-order valence-corrected chi connectivity index (χ3v) is 4.44. The van der Waals surface area contributed by atoms with Crippen LogP contribution in [0.25, 0.3) is 0 Å². The number of aromatic nitrogens is 1. The van der Waals surface area contributed by atoms with Gasteiger partial charge in [-0.3, -0.25) is 9.59 Å². The SMILES string of the molecule is O=C1c2c(O)c(=O)c(O)cn2C[C@H]2O[C@@H]3CCCC3N12. The first kappa shape index (κ1) is 11.8. The summed E-state index contributed by atoms with van der Waals surface area (Å²) in [6.07, 6.45) is 3.67. The van der Waals surface area contributed by atoms with Gasteiger partial charge in [-0.25, -0.2) is 0 Å². The molecule has 2 N–H and O–H groups in total. The molecule has 1 unspecified atom stereocenters. The molecule has 106 valence electrons. The van der Waals surface area contributed by atoms with Crippen molar-refractivity contribution in [2.75, 3.05) is 0 Å². The number of ether oxygens (including phenoxy) is 1. The molecule has 3 heterocycles. The summed E-state index contributed by atoms with van der Waals surface area (Å²) in [4.78, 5) is 25.8. The van der Waals surface area contributed by atoms with Gasteiger partial charge in [-0.05, 0) is 19.3 Å². The maximum Gasteiger partial charge on any atom is 0.276 e. The van der Waals surface area contributed by atoms with Crippen molar-refractivity contribution >= 4 is 5.91 Å². The molecule has 1 aromatic heterocycles. The summed E-state index contributed by atoms with van der Waals surface area (Å²) in [5.74, 6) is -1.65. The van der Waals surface area contributed by atoms with Crippen LogP contribution in [-0.4, -0.2) is 44.0 Å². The molecule has 0 aromatic carbocycles. The van der Waals surface area contributed by atoms with Gasteiger partial charge < -0.3 is 24.4 Å².